The van der Waals surface area contributed by atoms with Crippen LogP contribution in [-0.2, 0) is 0 Å². The molecule has 2 aromatic rings. The molecule has 2 aromatic heterocycles. The number of nitrogens with zero attached hydrogens (tertiary/aromatic N) is 3. The summed E-state index contributed by atoms with van der Waals surface area (Å²) in [4.78, 5) is 16.3. The number of carbonyl (C=O) groups excluding carboxylic acids is 1. The van der Waals surface area contributed by atoms with Gasteiger partial charge in [0.05, 0.1) is 17.9 Å². The maximum Gasteiger partial charge on any atom is 0.255 e. The van der Waals surface area contributed by atoms with Gasteiger partial charge >= 0.3 is 0 Å². The number of aryl methyl sites for hydroxylation is 1. The highest BCUT2D eigenvalue weighted by Crippen LogP contribution is 2.19. The Balaban J connectivity index is 1.68. The zero-order chi connectivity index (χ0) is 14.7. The summed E-state index contributed by atoms with van der Waals surface area (Å²) >= 11 is 0. The third-order valence-electron chi connectivity index (χ3n) is 3.70. The second-order valence-corrected chi connectivity index (χ2v) is 5.33. The molecule has 21 heavy (non-hydrogen) atoms. The van der Waals surface area contributed by atoms with Crippen LogP contribution in [0, 0.1) is 6.92 Å². The Morgan fingerprint density at radius 2 is 2.24 bits per heavy atom. The number of hydrogen-bond donors (Lipinski definition) is 2. The number of rotatable bonds is 3. The zero-order valence-corrected chi connectivity index (χ0v) is 12.0. The zero-order valence-electron chi connectivity index (χ0n) is 12.0. The minimum absolute atomic E-state index is 0.134. The molecule has 1 fully saturated rings. The van der Waals surface area contributed by atoms with E-state index in [0.717, 1.165) is 37.3 Å². The third-order valence-corrected chi connectivity index (χ3v) is 3.70. The third kappa shape index (κ3) is 3.28. The smallest absolute Gasteiger partial charge is 0.255 e. The summed E-state index contributed by atoms with van der Waals surface area (Å²) in [5.74, 6) is -0.134. The monoisotopic (exact) mass is 285 g/mol. The van der Waals surface area contributed by atoms with Crippen molar-refractivity contribution >= 4 is 11.6 Å². The number of piperidine rings is 1. The molecule has 6 nitrogen and oxygen atoms in total. The molecule has 1 aliphatic heterocycles. The van der Waals surface area contributed by atoms with Crippen molar-refractivity contribution in [3.05, 3.63) is 42.0 Å². The molecule has 3 heterocycles. The molecule has 3 rings (SSSR count). The van der Waals surface area contributed by atoms with Crippen molar-refractivity contribution in [2.24, 2.45) is 0 Å². The lowest BCUT2D eigenvalue weighted by atomic mass is 10.1. The summed E-state index contributed by atoms with van der Waals surface area (Å²) in [5.41, 5.74) is 2.16. The fourth-order valence-corrected chi connectivity index (χ4v) is 2.56. The Kier molecular flexibility index (Phi) is 3.96. The van der Waals surface area contributed by atoms with Crippen LogP contribution < -0.4 is 10.6 Å². The Hall–Kier alpha value is -2.21. The van der Waals surface area contributed by atoms with Crippen LogP contribution in [0.25, 0.3) is 0 Å². The van der Waals surface area contributed by atoms with E-state index < -0.39 is 0 Å². The molecular formula is C15H19N5O. The van der Waals surface area contributed by atoms with Gasteiger partial charge in [-0.1, -0.05) is 0 Å². The molecule has 0 spiro atoms. The maximum absolute atomic E-state index is 12.2. The SMILES string of the molecule is Cc1cc(C(=O)Nc2cnn(C3CCNCC3)c2)ccn1. The quantitative estimate of drug-likeness (QED) is 0.901. The van der Waals surface area contributed by atoms with E-state index in [0.29, 0.717) is 11.6 Å². The van der Waals surface area contributed by atoms with E-state index in [9.17, 15) is 4.79 Å². The van der Waals surface area contributed by atoms with Gasteiger partial charge in [-0.05, 0) is 45.0 Å². The van der Waals surface area contributed by atoms with E-state index in [2.05, 4.69) is 20.7 Å². The Labute approximate surface area is 123 Å². The number of anilines is 1. The van der Waals surface area contributed by atoms with Crippen molar-refractivity contribution in [2.75, 3.05) is 18.4 Å². The molecule has 1 aliphatic rings. The number of aromatic nitrogens is 3. The standard InChI is InChI=1S/C15H19N5O/c1-11-8-12(2-7-17-11)15(21)19-13-9-18-20(10-13)14-3-5-16-6-4-14/h2,7-10,14,16H,3-6H2,1H3,(H,19,21). The van der Waals surface area contributed by atoms with E-state index in [1.165, 1.54) is 0 Å². The van der Waals surface area contributed by atoms with Gasteiger partial charge in [0, 0.05) is 23.7 Å². The summed E-state index contributed by atoms with van der Waals surface area (Å²) in [7, 11) is 0. The first-order valence-electron chi connectivity index (χ1n) is 7.21. The molecule has 110 valence electrons. The van der Waals surface area contributed by atoms with Gasteiger partial charge in [0.25, 0.3) is 5.91 Å². The average molecular weight is 285 g/mol. The van der Waals surface area contributed by atoms with Gasteiger partial charge in [0.1, 0.15) is 0 Å². The fourth-order valence-electron chi connectivity index (χ4n) is 2.56. The van der Waals surface area contributed by atoms with Crippen LogP contribution in [0.15, 0.2) is 30.7 Å². The van der Waals surface area contributed by atoms with Crippen molar-refractivity contribution in [3.8, 4) is 0 Å². The largest absolute Gasteiger partial charge is 0.319 e. The van der Waals surface area contributed by atoms with Crippen LogP contribution in [-0.4, -0.2) is 33.8 Å². The lowest BCUT2D eigenvalue weighted by molar-refractivity contribution is 0.102. The van der Waals surface area contributed by atoms with Gasteiger partial charge in [0.15, 0.2) is 0 Å². The van der Waals surface area contributed by atoms with E-state index >= 15 is 0 Å². The second-order valence-electron chi connectivity index (χ2n) is 5.33. The molecule has 1 saturated heterocycles. The van der Waals surface area contributed by atoms with Crippen LogP contribution in [0.5, 0.6) is 0 Å². The van der Waals surface area contributed by atoms with Gasteiger partial charge in [-0.25, -0.2) is 0 Å². The predicted molar refractivity (Wildman–Crippen MR) is 80.3 cm³/mol. The van der Waals surface area contributed by atoms with Gasteiger partial charge in [-0.2, -0.15) is 5.10 Å². The summed E-state index contributed by atoms with van der Waals surface area (Å²) in [6.45, 7) is 3.90. The van der Waals surface area contributed by atoms with Crippen LogP contribution in [0.4, 0.5) is 5.69 Å². The molecule has 0 bridgehead atoms. The molecule has 0 radical (unpaired) electrons. The summed E-state index contributed by atoms with van der Waals surface area (Å²) < 4.78 is 1.95. The minimum atomic E-state index is -0.134. The number of hydrogen-bond acceptors (Lipinski definition) is 4. The maximum atomic E-state index is 12.2. The molecule has 2 N–H and O–H groups in total. The predicted octanol–water partition coefficient (Wildman–Crippen LogP) is 1.76. The topological polar surface area (TPSA) is 71.8 Å². The van der Waals surface area contributed by atoms with Crippen LogP contribution >= 0.6 is 0 Å². The van der Waals surface area contributed by atoms with Crippen molar-refractivity contribution in [3.63, 3.8) is 0 Å². The first kappa shape index (κ1) is 13.8. The highest BCUT2D eigenvalue weighted by atomic mass is 16.1. The van der Waals surface area contributed by atoms with E-state index in [-0.39, 0.29) is 5.91 Å². The molecule has 6 heteroatoms. The van der Waals surface area contributed by atoms with Gasteiger partial charge in [-0.3, -0.25) is 14.5 Å². The number of amides is 1. The lowest BCUT2D eigenvalue weighted by Crippen LogP contribution is -2.29. The van der Waals surface area contributed by atoms with E-state index in [1.807, 2.05) is 17.8 Å². The summed E-state index contributed by atoms with van der Waals surface area (Å²) in [5, 5.41) is 10.6. The fraction of sp³-hybridized carbons (Fsp3) is 0.400. The van der Waals surface area contributed by atoms with Crippen molar-refractivity contribution in [1.29, 1.82) is 0 Å². The first-order valence-corrected chi connectivity index (χ1v) is 7.21. The second kappa shape index (κ2) is 6.05. The van der Waals surface area contributed by atoms with Crippen molar-refractivity contribution in [2.45, 2.75) is 25.8 Å². The molecule has 0 aliphatic carbocycles. The van der Waals surface area contributed by atoms with Gasteiger partial charge in [-0.15, -0.1) is 0 Å². The normalized spacial score (nSPS) is 15.9. The van der Waals surface area contributed by atoms with Crippen LogP contribution in [0.1, 0.15) is 34.9 Å². The number of carbonyl (C=O) groups is 1. The van der Waals surface area contributed by atoms with Gasteiger partial charge < -0.3 is 10.6 Å². The van der Waals surface area contributed by atoms with Crippen molar-refractivity contribution < 1.29 is 4.79 Å². The molecular weight excluding hydrogens is 266 g/mol. The summed E-state index contributed by atoms with van der Waals surface area (Å²) in [6, 6.07) is 3.90. The molecule has 0 atom stereocenters. The number of nitrogens with one attached hydrogen (secondary N) is 2. The highest BCUT2D eigenvalue weighted by molar-refractivity contribution is 6.04. The molecule has 1 amide bonds. The lowest BCUT2D eigenvalue weighted by Gasteiger charge is -2.22. The Morgan fingerprint density at radius 3 is 3.00 bits per heavy atom. The van der Waals surface area contributed by atoms with E-state index in [1.54, 1.807) is 24.5 Å². The number of pyridine rings is 1. The van der Waals surface area contributed by atoms with Crippen LogP contribution in [0.3, 0.4) is 0 Å². The minimum Gasteiger partial charge on any atom is -0.319 e. The first-order chi connectivity index (χ1) is 10.2. The Bertz CT molecular complexity index is 630. The average Bonchev–Trinajstić information content (AvgIpc) is 2.97. The molecule has 0 saturated carbocycles. The van der Waals surface area contributed by atoms with Gasteiger partial charge in [0.2, 0.25) is 0 Å². The van der Waals surface area contributed by atoms with Crippen molar-refractivity contribution in [1.82, 2.24) is 20.1 Å². The summed E-state index contributed by atoms with van der Waals surface area (Å²) in [6.07, 6.45) is 7.38. The Morgan fingerprint density at radius 1 is 1.43 bits per heavy atom. The molecule has 0 unspecified atom stereocenters. The van der Waals surface area contributed by atoms with Crippen LogP contribution in [0.2, 0.25) is 0 Å². The van der Waals surface area contributed by atoms with E-state index in [4.69, 9.17) is 0 Å². The molecule has 0 aromatic carbocycles. The highest BCUT2D eigenvalue weighted by Gasteiger charge is 2.16.